The Morgan fingerprint density at radius 1 is 1.45 bits per heavy atom. The first kappa shape index (κ1) is 14.7. The van der Waals surface area contributed by atoms with Crippen molar-refractivity contribution in [1.29, 1.82) is 0 Å². The van der Waals surface area contributed by atoms with Crippen LogP contribution in [0, 0.1) is 5.41 Å². The van der Waals surface area contributed by atoms with E-state index in [0.29, 0.717) is 0 Å². The summed E-state index contributed by atoms with van der Waals surface area (Å²) in [6.45, 7) is 7.31. The summed E-state index contributed by atoms with van der Waals surface area (Å²) in [5.74, 6) is 0.918. The molecule has 1 unspecified atom stereocenters. The molecule has 0 bridgehead atoms. The summed E-state index contributed by atoms with van der Waals surface area (Å²) in [6, 6.07) is 0. The van der Waals surface area contributed by atoms with Crippen LogP contribution in [-0.2, 0) is 11.3 Å². The highest BCUT2D eigenvalue weighted by molar-refractivity contribution is 5.82. The molecule has 1 atom stereocenters. The largest absolute Gasteiger partial charge is 0.369 e. The molecule has 1 aromatic rings. The third-order valence-electron chi connectivity index (χ3n) is 3.78. The van der Waals surface area contributed by atoms with Gasteiger partial charge in [0, 0.05) is 26.7 Å². The Kier molecular flexibility index (Phi) is 4.54. The van der Waals surface area contributed by atoms with Crippen LogP contribution in [0.15, 0.2) is 12.4 Å². The van der Waals surface area contributed by atoms with Gasteiger partial charge < -0.3 is 10.6 Å². The van der Waals surface area contributed by atoms with Crippen LogP contribution in [0.1, 0.15) is 26.0 Å². The standard InChI is InChI=1S/C14H23N5O/c1-4-16-12-8-17-11(7-18-12)9-19-6-5-14(2,10-19)13(20)15-3/h7-8H,4-6,9-10H2,1-3H3,(H,15,20)(H,16,18). The Labute approximate surface area is 120 Å². The van der Waals surface area contributed by atoms with Crippen molar-refractivity contribution >= 4 is 11.7 Å². The van der Waals surface area contributed by atoms with Crippen LogP contribution in [-0.4, -0.2) is 47.5 Å². The van der Waals surface area contributed by atoms with Gasteiger partial charge in [0.1, 0.15) is 5.82 Å². The van der Waals surface area contributed by atoms with Gasteiger partial charge in [0.15, 0.2) is 0 Å². The minimum absolute atomic E-state index is 0.119. The van der Waals surface area contributed by atoms with Crippen LogP contribution in [0.4, 0.5) is 5.82 Å². The van der Waals surface area contributed by atoms with Gasteiger partial charge in [-0.25, -0.2) is 4.98 Å². The second-order valence-corrected chi connectivity index (χ2v) is 5.52. The molecule has 2 N–H and O–H groups in total. The minimum Gasteiger partial charge on any atom is -0.369 e. The van der Waals surface area contributed by atoms with E-state index < -0.39 is 0 Å². The molecule has 6 nitrogen and oxygen atoms in total. The highest BCUT2D eigenvalue weighted by Gasteiger charge is 2.39. The van der Waals surface area contributed by atoms with Gasteiger partial charge in [-0.1, -0.05) is 0 Å². The Morgan fingerprint density at radius 3 is 2.85 bits per heavy atom. The average molecular weight is 277 g/mol. The van der Waals surface area contributed by atoms with E-state index >= 15 is 0 Å². The van der Waals surface area contributed by atoms with Crippen molar-refractivity contribution < 1.29 is 4.79 Å². The Bertz CT molecular complexity index is 461. The molecule has 1 fully saturated rings. The number of carbonyl (C=O) groups excluding carboxylic acids is 1. The number of anilines is 1. The molecule has 2 rings (SSSR count). The minimum atomic E-state index is -0.286. The van der Waals surface area contributed by atoms with Gasteiger partial charge in [0.2, 0.25) is 5.91 Å². The lowest BCUT2D eigenvalue weighted by Crippen LogP contribution is -2.39. The number of hydrogen-bond acceptors (Lipinski definition) is 5. The first-order valence-corrected chi connectivity index (χ1v) is 7.07. The topological polar surface area (TPSA) is 70.2 Å². The second kappa shape index (κ2) is 6.17. The van der Waals surface area contributed by atoms with E-state index in [1.54, 1.807) is 19.4 Å². The summed E-state index contributed by atoms with van der Waals surface area (Å²) in [7, 11) is 1.70. The maximum Gasteiger partial charge on any atom is 0.227 e. The zero-order valence-electron chi connectivity index (χ0n) is 12.4. The van der Waals surface area contributed by atoms with Gasteiger partial charge >= 0.3 is 0 Å². The molecule has 0 spiro atoms. The van der Waals surface area contributed by atoms with Gasteiger partial charge in [-0.2, -0.15) is 0 Å². The zero-order valence-corrected chi connectivity index (χ0v) is 12.4. The first-order valence-electron chi connectivity index (χ1n) is 7.07. The number of nitrogens with one attached hydrogen (secondary N) is 2. The molecule has 1 saturated heterocycles. The molecule has 1 aliphatic rings. The molecular formula is C14H23N5O. The van der Waals surface area contributed by atoms with E-state index in [0.717, 1.165) is 44.1 Å². The molecule has 1 amide bonds. The van der Waals surface area contributed by atoms with Gasteiger partial charge in [-0.15, -0.1) is 0 Å². The summed E-state index contributed by atoms with van der Waals surface area (Å²) < 4.78 is 0. The molecule has 110 valence electrons. The highest BCUT2D eigenvalue weighted by atomic mass is 16.2. The number of likely N-dealkylation sites (tertiary alicyclic amines) is 1. The molecule has 0 saturated carbocycles. The predicted molar refractivity (Wildman–Crippen MR) is 78.3 cm³/mol. The average Bonchev–Trinajstić information content (AvgIpc) is 2.83. The van der Waals surface area contributed by atoms with Gasteiger partial charge in [-0.05, 0) is 26.8 Å². The van der Waals surface area contributed by atoms with Crippen molar-refractivity contribution in [1.82, 2.24) is 20.2 Å². The van der Waals surface area contributed by atoms with Crippen LogP contribution >= 0.6 is 0 Å². The maximum absolute atomic E-state index is 11.9. The van der Waals surface area contributed by atoms with Gasteiger partial charge in [0.25, 0.3) is 0 Å². The third-order valence-corrected chi connectivity index (χ3v) is 3.78. The molecule has 1 aromatic heterocycles. The Balaban J connectivity index is 1.93. The van der Waals surface area contributed by atoms with Crippen LogP contribution in [0.2, 0.25) is 0 Å². The summed E-state index contributed by atoms with van der Waals surface area (Å²) in [4.78, 5) is 22.9. The quantitative estimate of drug-likeness (QED) is 0.835. The lowest BCUT2D eigenvalue weighted by molar-refractivity contribution is -0.129. The fourth-order valence-corrected chi connectivity index (χ4v) is 2.62. The fourth-order valence-electron chi connectivity index (χ4n) is 2.62. The lowest BCUT2D eigenvalue weighted by Gasteiger charge is -2.22. The van der Waals surface area contributed by atoms with Gasteiger partial charge in [0.05, 0.1) is 23.5 Å². The van der Waals surface area contributed by atoms with E-state index in [1.165, 1.54) is 0 Å². The normalized spacial score (nSPS) is 22.8. The number of carbonyl (C=O) groups is 1. The number of rotatable bonds is 5. The number of aromatic nitrogens is 2. The second-order valence-electron chi connectivity index (χ2n) is 5.52. The maximum atomic E-state index is 11.9. The van der Waals surface area contributed by atoms with Crippen molar-refractivity contribution in [2.45, 2.75) is 26.8 Å². The van der Waals surface area contributed by atoms with E-state index in [-0.39, 0.29) is 11.3 Å². The van der Waals surface area contributed by atoms with E-state index in [4.69, 9.17) is 0 Å². The monoisotopic (exact) mass is 277 g/mol. The lowest BCUT2D eigenvalue weighted by atomic mass is 9.89. The smallest absolute Gasteiger partial charge is 0.227 e. The highest BCUT2D eigenvalue weighted by Crippen LogP contribution is 2.30. The van der Waals surface area contributed by atoms with Crippen molar-refractivity contribution in [3.8, 4) is 0 Å². The van der Waals surface area contributed by atoms with Crippen LogP contribution < -0.4 is 10.6 Å². The van der Waals surface area contributed by atoms with E-state index in [1.807, 2.05) is 13.8 Å². The van der Waals surface area contributed by atoms with Crippen LogP contribution in [0.25, 0.3) is 0 Å². The number of amides is 1. The molecule has 2 heterocycles. The first-order chi connectivity index (χ1) is 9.57. The molecule has 1 aliphatic heterocycles. The van der Waals surface area contributed by atoms with E-state index in [2.05, 4.69) is 25.5 Å². The van der Waals surface area contributed by atoms with Gasteiger partial charge in [-0.3, -0.25) is 14.7 Å². The molecule has 6 heteroatoms. The summed E-state index contributed by atoms with van der Waals surface area (Å²) in [5.41, 5.74) is 0.652. The SMILES string of the molecule is CCNc1cnc(CN2CCC(C)(C(=O)NC)C2)cn1. The number of hydrogen-bond donors (Lipinski definition) is 2. The van der Waals surface area contributed by atoms with Crippen molar-refractivity contribution in [2.75, 3.05) is 32.0 Å². The summed E-state index contributed by atoms with van der Waals surface area (Å²) >= 11 is 0. The van der Waals surface area contributed by atoms with Crippen LogP contribution in [0.3, 0.4) is 0 Å². The fraction of sp³-hybridized carbons (Fsp3) is 0.643. The Hall–Kier alpha value is -1.69. The van der Waals surface area contributed by atoms with Crippen molar-refractivity contribution in [2.24, 2.45) is 5.41 Å². The molecular weight excluding hydrogens is 254 g/mol. The Morgan fingerprint density at radius 2 is 2.25 bits per heavy atom. The summed E-state index contributed by atoms with van der Waals surface area (Å²) in [6.07, 6.45) is 4.44. The molecule has 0 aromatic carbocycles. The number of nitrogens with zero attached hydrogens (tertiary/aromatic N) is 3. The predicted octanol–water partition coefficient (Wildman–Crippen LogP) is 0.866. The zero-order chi connectivity index (χ0) is 14.6. The van der Waals surface area contributed by atoms with Crippen molar-refractivity contribution in [3.63, 3.8) is 0 Å². The van der Waals surface area contributed by atoms with Crippen molar-refractivity contribution in [3.05, 3.63) is 18.1 Å². The van der Waals surface area contributed by atoms with Crippen LogP contribution in [0.5, 0.6) is 0 Å². The third kappa shape index (κ3) is 3.25. The molecule has 0 aliphatic carbocycles. The van der Waals surface area contributed by atoms with E-state index in [9.17, 15) is 4.79 Å². The molecule has 0 radical (unpaired) electrons. The summed E-state index contributed by atoms with van der Waals surface area (Å²) in [5, 5.41) is 5.88. The molecule has 20 heavy (non-hydrogen) atoms.